The van der Waals surface area contributed by atoms with Gasteiger partial charge in [-0.15, -0.1) is 0 Å². The Kier molecular flexibility index (Phi) is 2.80. The fourth-order valence-electron chi connectivity index (χ4n) is 2.29. The van der Waals surface area contributed by atoms with Gasteiger partial charge in [-0.25, -0.2) is 0 Å². The Hall–Kier alpha value is -1.08. The van der Waals surface area contributed by atoms with E-state index in [1.165, 1.54) is 0 Å². The molecule has 6 heteroatoms. The Labute approximate surface area is 99.6 Å². The molecular formula is C11H14BNO4. The van der Waals surface area contributed by atoms with Crippen LogP contribution in [0.25, 0.3) is 0 Å². The van der Waals surface area contributed by atoms with Gasteiger partial charge in [-0.05, 0) is 11.6 Å². The summed E-state index contributed by atoms with van der Waals surface area (Å²) in [5.41, 5.74) is 7.61. The molecule has 2 unspecified atom stereocenters. The molecule has 1 aromatic carbocycles. The van der Waals surface area contributed by atoms with Gasteiger partial charge in [0.2, 0.25) is 0 Å². The van der Waals surface area contributed by atoms with Crippen molar-refractivity contribution < 1.29 is 19.2 Å². The second-order valence-corrected chi connectivity index (χ2v) is 4.20. The van der Waals surface area contributed by atoms with Crippen molar-refractivity contribution in [1.82, 2.24) is 0 Å². The molecule has 0 saturated carbocycles. The number of hydrogen-bond acceptors (Lipinski definition) is 5. The van der Waals surface area contributed by atoms with Crippen LogP contribution in [0.2, 0.25) is 0 Å². The standard InChI is InChI=1S/C11H14BNO4/c13-4-10-8-2-1-3-9-11(8)12(17-10)16-7(5-14)6-15-9/h1-3,7,10,14H,4-6,13H2. The van der Waals surface area contributed by atoms with Gasteiger partial charge >= 0.3 is 7.12 Å². The molecule has 2 aliphatic rings. The average Bonchev–Trinajstić information content (AvgIpc) is 2.61. The van der Waals surface area contributed by atoms with Gasteiger partial charge in [-0.3, -0.25) is 0 Å². The molecule has 0 aliphatic carbocycles. The third-order valence-electron chi connectivity index (χ3n) is 3.13. The maximum atomic E-state index is 9.16. The van der Waals surface area contributed by atoms with Crippen LogP contribution in [0.1, 0.15) is 11.7 Å². The molecular weight excluding hydrogens is 221 g/mol. The summed E-state index contributed by atoms with van der Waals surface area (Å²) in [7, 11) is -0.477. The smallest absolute Gasteiger partial charge is 0.491 e. The molecule has 0 spiro atoms. The van der Waals surface area contributed by atoms with Crippen molar-refractivity contribution >= 4 is 12.6 Å². The molecule has 90 valence electrons. The quantitative estimate of drug-likeness (QED) is 0.655. The zero-order chi connectivity index (χ0) is 11.8. The van der Waals surface area contributed by atoms with Crippen molar-refractivity contribution in [1.29, 1.82) is 0 Å². The highest BCUT2D eigenvalue weighted by Crippen LogP contribution is 2.30. The SMILES string of the molecule is NCC1OB2OC(CO)COc3cccc1c32. The summed E-state index contributed by atoms with van der Waals surface area (Å²) >= 11 is 0. The van der Waals surface area contributed by atoms with Crippen LogP contribution in [0.3, 0.4) is 0 Å². The van der Waals surface area contributed by atoms with E-state index >= 15 is 0 Å². The molecule has 0 aromatic heterocycles. The van der Waals surface area contributed by atoms with Gasteiger partial charge in [0.1, 0.15) is 18.5 Å². The van der Waals surface area contributed by atoms with Crippen molar-refractivity contribution in [2.45, 2.75) is 12.2 Å². The van der Waals surface area contributed by atoms with E-state index in [1.807, 2.05) is 18.2 Å². The van der Waals surface area contributed by atoms with Crippen molar-refractivity contribution in [2.24, 2.45) is 5.73 Å². The first-order chi connectivity index (χ1) is 8.33. The number of ether oxygens (including phenoxy) is 1. The molecule has 1 aromatic rings. The summed E-state index contributed by atoms with van der Waals surface area (Å²) < 4.78 is 17.0. The Morgan fingerprint density at radius 1 is 1.41 bits per heavy atom. The minimum atomic E-state index is -0.477. The maximum absolute atomic E-state index is 9.16. The molecule has 0 fully saturated rings. The summed E-state index contributed by atoms with van der Waals surface area (Å²) in [4.78, 5) is 0. The van der Waals surface area contributed by atoms with E-state index in [0.717, 1.165) is 16.8 Å². The molecule has 2 aliphatic heterocycles. The molecule has 5 nitrogen and oxygen atoms in total. The predicted molar refractivity (Wildman–Crippen MR) is 62.2 cm³/mol. The van der Waals surface area contributed by atoms with E-state index in [2.05, 4.69) is 0 Å². The van der Waals surface area contributed by atoms with Gasteiger partial charge < -0.3 is 24.9 Å². The minimum Gasteiger partial charge on any atom is -0.491 e. The molecule has 3 N–H and O–H groups in total. The molecule has 2 heterocycles. The zero-order valence-electron chi connectivity index (χ0n) is 9.33. The Balaban J connectivity index is 2.02. The summed E-state index contributed by atoms with van der Waals surface area (Å²) in [6.07, 6.45) is -0.521. The van der Waals surface area contributed by atoms with E-state index in [9.17, 15) is 0 Å². The van der Waals surface area contributed by atoms with E-state index in [1.54, 1.807) is 0 Å². The van der Waals surface area contributed by atoms with Crippen LogP contribution in [0, 0.1) is 0 Å². The largest absolute Gasteiger partial charge is 0.498 e. The third kappa shape index (κ3) is 1.73. The summed E-state index contributed by atoms with van der Waals surface area (Å²) in [6.45, 7) is 0.649. The Morgan fingerprint density at radius 3 is 3.06 bits per heavy atom. The van der Waals surface area contributed by atoms with Gasteiger partial charge in [-0.2, -0.15) is 0 Å². The first-order valence-electron chi connectivity index (χ1n) is 5.71. The summed E-state index contributed by atoms with van der Waals surface area (Å²) in [5, 5.41) is 9.16. The summed E-state index contributed by atoms with van der Waals surface area (Å²) in [5.74, 6) is 0.763. The normalized spacial score (nSPS) is 26.4. The lowest BCUT2D eigenvalue weighted by Crippen LogP contribution is -2.36. The maximum Gasteiger partial charge on any atom is 0.498 e. The topological polar surface area (TPSA) is 73.9 Å². The molecule has 2 atom stereocenters. The lowest BCUT2D eigenvalue weighted by atomic mass is 9.77. The third-order valence-corrected chi connectivity index (χ3v) is 3.13. The predicted octanol–water partition coefficient (Wildman–Crippen LogP) is -0.818. The van der Waals surface area contributed by atoms with Gasteiger partial charge in [0.25, 0.3) is 0 Å². The second kappa shape index (κ2) is 4.31. The highest BCUT2D eigenvalue weighted by Gasteiger charge is 2.42. The number of nitrogens with two attached hydrogens (primary N) is 1. The van der Waals surface area contributed by atoms with Crippen LogP contribution >= 0.6 is 0 Å². The molecule has 0 radical (unpaired) electrons. The van der Waals surface area contributed by atoms with Crippen molar-refractivity contribution in [2.75, 3.05) is 19.8 Å². The number of rotatable bonds is 2. The van der Waals surface area contributed by atoms with Gasteiger partial charge in [0.15, 0.2) is 0 Å². The molecule has 0 saturated heterocycles. The van der Waals surface area contributed by atoms with Crippen molar-refractivity contribution in [3.8, 4) is 5.75 Å². The van der Waals surface area contributed by atoms with Gasteiger partial charge in [0, 0.05) is 12.0 Å². The fraction of sp³-hybridized carbons (Fsp3) is 0.455. The second-order valence-electron chi connectivity index (χ2n) is 4.20. The molecule has 0 amide bonds. The van der Waals surface area contributed by atoms with Crippen LogP contribution in [-0.2, 0) is 9.31 Å². The Bertz CT molecular complexity index is 428. The van der Waals surface area contributed by atoms with Crippen LogP contribution < -0.4 is 15.9 Å². The van der Waals surface area contributed by atoms with Crippen LogP contribution in [0.5, 0.6) is 5.75 Å². The van der Waals surface area contributed by atoms with Crippen LogP contribution in [-0.4, -0.2) is 38.1 Å². The fourth-order valence-corrected chi connectivity index (χ4v) is 2.29. The van der Waals surface area contributed by atoms with Crippen molar-refractivity contribution in [3.05, 3.63) is 23.8 Å². The highest BCUT2D eigenvalue weighted by molar-refractivity contribution is 6.64. The van der Waals surface area contributed by atoms with Gasteiger partial charge in [0.05, 0.1) is 12.7 Å². The zero-order valence-corrected chi connectivity index (χ0v) is 9.33. The molecule has 0 bridgehead atoms. The first-order valence-corrected chi connectivity index (χ1v) is 5.71. The first kappa shape index (κ1) is 11.0. The lowest BCUT2D eigenvalue weighted by Gasteiger charge is -2.16. The number of hydrogen-bond donors (Lipinski definition) is 2. The summed E-state index contributed by atoms with van der Waals surface area (Å²) in [6, 6.07) is 5.78. The number of benzene rings is 1. The Morgan fingerprint density at radius 2 is 2.29 bits per heavy atom. The lowest BCUT2D eigenvalue weighted by molar-refractivity contribution is 0.0498. The van der Waals surface area contributed by atoms with Crippen LogP contribution in [0.4, 0.5) is 0 Å². The van der Waals surface area contributed by atoms with Gasteiger partial charge in [-0.1, -0.05) is 12.1 Å². The number of aliphatic hydroxyl groups excluding tert-OH is 1. The molecule has 3 rings (SSSR count). The molecule has 17 heavy (non-hydrogen) atoms. The van der Waals surface area contributed by atoms with E-state index in [-0.39, 0.29) is 18.8 Å². The average molecular weight is 235 g/mol. The van der Waals surface area contributed by atoms with Crippen LogP contribution in [0.15, 0.2) is 18.2 Å². The minimum absolute atomic E-state index is 0.0868. The monoisotopic (exact) mass is 235 g/mol. The highest BCUT2D eigenvalue weighted by atomic mass is 16.6. The van der Waals surface area contributed by atoms with E-state index < -0.39 is 7.12 Å². The van der Waals surface area contributed by atoms with E-state index in [4.69, 9.17) is 24.9 Å². The number of aliphatic hydroxyl groups is 1. The van der Waals surface area contributed by atoms with Crippen molar-refractivity contribution in [3.63, 3.8) is 0 Å². The van der Waals surface area contributed by atoms with E-state index in [0.29, 0.717) is 13.2 Å².